The molecule has 146 valence electrons. The number of nitrogens with one attached hydrogen (secondary N) is 1. The first-order chi connectivity index (χ1) is 13.4. The van der Waals surface area contributed by atoms with Gasteiger partial charge in [0.05, 0.1) is 0 Å². The molecule has 0 atom stereocenters. The largest absolute Gasteiger partial charge is 0.573 e. The van der Waals surface area contributed by atoms with Gasteiger partial charge in [-0.25, -0.2) is 0 Å². The molecule has 0 aliphatic carbocycles. The number of pyridine rings is 1. The number of alkyl halides is 3. The number of rotatable bonds is 7. The molecule has 0 radical (unpaired) electrons. The number of aromatic nitrogens is 3. The summed E-state index contributed by atoms with van der Waals surface area (Å²) in [7, 11) is 0. The van der Waals surface area contributed by atoms with E-state index in [-0.39, 0.29) is 42.5 Å². The summed E-state index contributed by atoms with van der Waals surface area (Å²) in [5, 5.41) is 6.38. The van der Waals surface area contributed by atoms with E-state index in [0.717, 1.165) is 5.56 Å². The Morgan fingerprint density at radius 2 is 1.89 bits per heavy atom. The van der Waals surface area contributed by atoms with E-state index in [0.29, 0.717) is 5.82 Å². The molecule has 3 rings (SSSR count). The smallest absolute Gasteiger partial charge is 0.405 e. The monoisotopic (exact) mass is 392 g/mol. The first-order valence-electron chi connectivity index (χ1n) is 8.24. The zero-order chi connectivity index (χ0) is 20.0. The molecule has 2 heterocycles. The predicted molar refractivity (Wildman–Crippen MR) is 90.8 cm³/mol. The first kappa shape index (κ1) is 19.3. The third kappa shape index (κ3) is 5.53. The number of halogens is 3. The summed E-state index contributed by atoms with van der Waals surface area (Å²) in [6.45, 7) is -0.100. The van der Waals surface area contributed by atoms with E-state index in [4.69, 9.17) is 4.52 Å². The van der Waals surface area contributed by atoms with Crippen LogP contribution in [-0.2, 0) is 17.8 Å². The molecule has 0 saturated heterocycles. The molecule has 1 aromatic carbocycles. The van der Waals surface area contributed by atoms with E-state index in [9.17, 15) is 18.0 Å². The molecule has 10 heteroatoms. The van der Waals surface area contributed by atoms with Crippen LogP contribution in [0, 0.1) is 0 Å². The Kier molecular flexibility index (Phi) is 5.87. The van der Waals surface area contributed by atoms with Crippen molar-refractivity contribution in [1.82, 2.24) is 20.4 Å². The standard InChI is InChI=1S/C18H15F3N4O3/c19-18(20,21)27-14-4-2-1-3-13(14)11-23-15(26)5-6-16-24-17(25-28-16)12-7-9-22-10-8-12/h1-4,7-10H,5-6,11H2,(H,23,26). The van der Waals surface area contributed by atoms with Crippen LogP contribution in [-0.4, -0.2) is 27.4 Å². The van der Waals surface area contributed by atoms with E-state index in [2.05, 4.69) is 25.2 Å². The van der Waals surface area contributed by atoms with Crippen LogP contribution in [0.25, 0.3) is 11.4 Å². The van der Waals surface area contributed by atoms with Gasteiger partial charge in [-0.2, -0.15) is 4.98 Å². The Morgan fingerprint density at radius 3 is 2.64 bits per heavy atom. The average Bonchev–Trinajstić information content (AvgIpc) is 3.14. The third-order valence-electron chi connectivity index (χ3n) is 3.65. The molecule has 0 bridgehead atoms. The quantitative estimate of drug-likeness (QED) is 0.664. The van der Waals surface area contributed by atoms with Gasteiger partial charge < -0.3 is 14.6 Å². The highest BCUT2D eigenvalue weighted by molar-refractivity contribution is 5.76. The molecule has 0 aliphatic heterocycles. The number of aryl methyl sites for hydroxylation is 1. The van der Waals surface area contributed by atoms with Crippen molar-refractivity contribution in [2.45, 2.75) is 25.7 Å². The van der Waals surface area contributed by atoms with Gasteiger partial charge in [0.25, 0.3) is 0 Å². The maximum Gasteiger partial charge on any atom is 0.573 e. The first-order valence-corrected chi connectivity index (χ1v) is 8.24. The zero-order valence-corrected chi connectivity index (χ0v) is 14.4. The van der Waals surface area contributed by atoms with Crippen molar-refractivity contribution in [3.05, 3.63) is 60.2 Å². The van der Waals surface area contributed by atoms with E-state index in [1.807, 2.05) is 0 Å². The van der Waals surface area contributed by atoms with Crippen LogP contribution in [0.5, 0.6) is 5.75 Å². The average molecular weight is 392 g/mol. The SMILES string of the molecule is O=C(CCc1nc(-c2ccncc2)no1)NCc1ccccc1OC(F)(F)F. The summed E-state index contributed by atoms with van der Waals surface area (Å²) >= 11 is 0. The molecular formula is C18H15F3N4O3. The number of carbonyl (C=O) groups is 1. The van der Waals surface area contributed by atoms with Crippen LogP contribution in [0.2, 0.25) is 0 Å². The Bertz CT molecular complexity index is 929. The van der Waals surface area contributed by atoms with Crippen LogP contribution < -0.4 is 10.1 Å². The molecule has 2 aromatic heterocycles. The fourth-order valence-corrected chi connectivity index (χ4v) is 2.35. The van der Waals surface area contributed by atoms with Crippen LogP contribution in [0.15, 0.2) is 53.3 Å². The minimum Gasteiger partial charge on any atom is -0.405 e. The van der Waals surface area contributed by atoms with Crippen molar-refractivity contribution in [3.8, 4) is 17.1 Å². The Morgan fingerprint density at radius 1 is 1.14 bits per heavy atom. The van der Waals surface area contributed by atoms with Crippen molar-refractivity contribution < 1.29 is 27.2 Å². The normalized spacial score (nSPS) is 11.2. The topological polar surface area (TPSA) is 90.1 Å². The summed E-state index contributed by atoms with van der Waals surface area (Å²) in [5.41, 5.74) is 0.946. The highest BCUT2D eigenvalue weighted by atomic mass is 19.4. The maximum absolute atomic E-state index is 12.4. The van der Waals surface area contributed by atoms with Crippen LogP contribution in [0.1, 0.15) is 17.9 Å². The lowest BCUT2D eigenvalue weighted by Gasteiger charge is -2.13. The fourth-order valence-electron chi connectivity index (χ4n) is 2.35. The van der Waals surface area contributed by atoms with Crippen LogP contribution in [0.4, 0.5) is 13.2 Å². The van der Waals surface area contributed by atoms with E-state index in [1.54, 1.807) is 30.6 Å². The maximum atomic E-state index is 12.4. The summed E-state index contributed by atoms with van der Waals surface area (Å²) < 4.78 is 46.3. The molecule has 0 fully saturated rings. The number of ether oxygens (including phenoxy) is 1. The lowest BCUT2D eigenvalue weighted by atomic mass is 10.2. The Hall–Kier alpha value is -3.43. The van der Waals surface area contributed by atoms with Gasteiger partial charge in [-0.15, -0.1) is 13.2 Å². The summed E-state index contributed by atoms with van der Waals surface area (Å²) in [6.07, 6.45) is -1.37. The minimum atomic E-state index is -4.80. The molecular weight excluding hydrogens is 377 g/mol. The number of benzene rings is 1. The zero-order valence-electron chi connectivity index (χ0n) is 14.4. The second-order valence-corrected chi connectivity index (χ2v) is 5.68. The lowest BCUT2D eigenvalue weighted by molar-refractivity contribution is -0.274. The number of carbonyl (C=O) groups excluding carboxylic acids is 1. The van der Waals surface area contributed by atoms with Gasteiger partial charge in [-0.1, -0.05) is 23.4 Å². The third-order valence-corrected chi connectivity index (χ3v) is 3.65. The van der Waals surface area contributed by atoms with Crippen LogP contribution in [0.3, 0.4) is 0 Å². The van der Waals surface area contributed by atoms with Gasteiger partial charge in [0, 0.05) is 42.9 Å². The van der Waals surface area contributed by atoms with Crippen molar-refractivity contribution in [1.29, 1.82) is 0 Å². The van der Waals surface area contributed by atoms with Crippen molar-refractivity contribution in [2.75, 3.05) is 0 Å². The number of hydrogen-bond acceptors (Lipinski definition) is 6. The summed E-state index contributed by atoms with van der Waals surface area (Å²) in [4.78, 5) is 20.1. The Labute approximate surface area is 157 Å². The number of nitrogens with zero attached hydrogens (tertiary/aromatic N) is 3. The predicted octanol–water partition coefficient (Wildman–Crippen LogP) is 3.28. The molecule has 3 aromatic rings. The highest BCUT2D eigenvalue weighted by Crippen LogP contribution is 2.26. The van der Waals surface area contributed by atoms with E-state index >= 15 is 0 Å². The summed E-state index contributed by atoms with van der Waals surface area (Å²) in [6, 6.07) is 9.06. The molecule has 0 unspecified atom stereocenters. The van der Waals surface area contributed by atoms with Crippen molar-refractivity contribution in [3.63, 3.8) is 0 Å². The van der Waals surface area contributed by atoms with Gasteiger partial charge in [0.1, 0.15) is 5.75 Å². The lowest BCUT2D eigenvalue weighted by Crippen LogP contribution is -2.24. The second kappa shape index (κ2) is 8.51. The minimum absolute atomic E-state index is 0.0419. The Balaban J connectivity index is 1.51. The van der Waals surface area contributed by atoms with Crippen molar-refractivity contribution in [2.24, 2.45) is 0 Å². The molecule has 1 N–H and O–H groups in total. The molecule has 0 saturated carbocycles. The van der Waals surface area contributed by atoms with Crippen molar-refractivity contribution >= 4 is 5.91 Å². The van der Waals surface area contributed by atoms with Gasteiger partial charge in [0.2, 0.25) is 17.6 Å². The highest BCUT2D eigenvalue weighted by Gasteiger charge is 2.31. The molecule has 28 heavy (non-hydrogen) atoms. The van der Waals surface area contributed by atoms with E-state index < -0.39 is 6.36 Å². The van der Waals surface area contributed by atoms with E-state index in [1.165, 1.54) is 18.2 Å². The fraction of sp³-hybridized carbons (Fsp3) is 0.222. The molecule has 7 nitrogen and oxygen atoms in total. The number of para-hydroxylation sites is 1. The van der Waals surface area contributed by atoms with Gasteiger partial charge in [0.15, 0.2) is 0 Å². The molecule has 1 amide bonds. The second-order valence-electron chi connectivity index (χ2n) is 5.68. The molecule has 0 spiro atoms. The summed E-state index contributed by atoms with van der Waals surface area (Å²) in [5.74, 6) is -0.0570. The van der Waals surface area contributed by atoms with Gasteiger partial charge in [-0.05, 0) is 18.2 Å². The number of amides is 1. The number of hydrogen-bond donors (Lipinski definition) is 1. The van der Waals surface area contributed by atoms with Gasteiger partial charge >= 0.3 is 6.36 Å². The van der Waals surface area contributed by atoms with Crippen LogP contribution >= 0.6 is 0 Å². The van der Waals surface area contributed by atoms with Gasteiger partial charge in [-0.3, -0.25) is 9.78 Å². The molecule has 0 aliphatic rings.